The molecule has 8 N–H and O–H groups in total. The van der Waals surface area contributed by atoms with Crippen LogP contribution in [0.4, 0.5) is 5.69 Å². The third-order valence-electron chi connectivity index (χ3n) is 5.98. The molecular formula is C19H18N2O7. The number of phenolic OH excluding ortho intramolecular Hbond substituents is 1. The van der Waals surface area contributed by atoms with Crippen molar-refractivity contribution >= 4 is 28.9 Å². The van der Waals surface area contributed by atoms with E-state index in [1.165, 1.54) is 12.1 Å². The molecule has 28 heavy (non-hydrogen) atoms. The number of amides is 1. The molecule has 9 heteroatoms. The molecule has 0 spiro atoms. The largest absolute Gasteiger partial charge is 0.508 e. The third-order valence-corrected chi connectivity index (χ3v) is 5.98. The maximum Gasteiger partial charge on any atom is 0.255 e. The highest BCUT2D eigenvalue weighted by Crippen LogP contribution is 2.52. The van der Waals surface area contributed by atoms with Crippen LogP contribution in [-0.2, 0) is 20.8 Å². The predicted octanol–water partition coefficient (Wildman–Crippen LogP) is 0.00610. The molecule has 1 saturated carbocycles. The van der Waals surface area contributed by atoms with E-state index >= 15 is 0 Å². The Labute approximate surface area is 158 Å². The van der Waals surface area contributed by atoms with Gasteiger partial charge in [-0.25, -0.2) is 0 Å². The van der Waals surface area contributed by atoms with E-state index < -0.39 is 52.0 Å². The number of phenols is 1. The van der Waals surface area contributed by atoms with Gasteiger partial charge in [-0.05, 0) is 36.5 Å². The molecule has 3 aliphatic carbocycles. The van der Waals surface area contributed by atoms with Crippen LogP contribution >= 0.6 is 0 Å². The van der Waals surface area contributed by atoms with Crippen molar-refractivity contribution in [2.45, 2.75) is 24.9 Å². The number of aromatic hydroxyl groups is 1. The highest BCUT2D eigenvalue weighted by Gasteiger charge is 2.60. The van der Waals surface area contributed by atoms with Crippen LogP contribution in [-0.4, -0.2) is 43.5 Å². The molecule has 0 bridgehead atoms. The van der Waals surface area contributed by atoms with Crippen molar-refractivity contribution in [3.63, 3.8) is 0 Å². The maximum absolute atomic E-state index is 13.2. The lowest BCUT2D eigenvalue weighted by Crippen LogP contribution is -2.58. The molecule has 1 fully saturated rings. The quantitative estimate of drug-likeness (QED) is 0.221. The molecule has 0 aliphatic heterocycles. The zero-order valence-electron chi connectivity index (χ0n) is 14.6. The van der Waals surface area contributed by atoms with E-state index in [2.05, 4.69) is 0 Å². The Morgan fingerprint density at radius 3 is 2.46 bits per heavy atom. The molecule has 1 aromatic rings. The molecule has 3 aliphatic rings. The van der Waals surface area contributed by atoms with Crippen molar-refractivity contribution in [2.75, 3.05) is 5.73 Å². The van der Waals surface area contributed by atoms with Gasteiger partial charge in [-0.1, -0.05) is 0 Å². The highest BCUT2D eigenvalue weighted by molar-refractivity contribution is 6.22. The number of fused-ring (bicyclic) bond motifs is 3. The molecule has 146 valence electrons. The van der Waals surface area contributed by atoms with Gasteiger partial charge in [-0.2, -0.15) is 0 Å². The van der Waals surface area contributed by atoms with E-state index in [1.54, 1.807) is 0 Å². The maximum atomic E-state index is 13.2. The second-order valence-corrected chi connectivity index (χ2v) is 7.43. The molecular weight excluding hydrogens is 368 g/mol. The van der Waals surface area contributed by atoms with Gasteiger partial charge in [0.25, 0.3) is 5.91 Å². The molecule has 3 unspecified atom stereocenters. The summed E-state index contributed by atoms with van der Waals surface area (Å²) in [5.41, 5.74) is 8.31. The fraction of sp³-hybridized carbons (Fsp3) is 0.316. The lowest BCUT2D eigenvalue weighted by atomic mass is 9.59. The summed E-state index contributed by atoms with van der Waals surface area (Å²) in [5, 5.41) is 42.3. The number of nitrogen functional groups attached to an aromatic ring is 1. The first-order valence-electron chi connectivity index (χ1n) is 8.66. The van der Waals surface area contributed by atoms with Crippen LogP contribution in [0, 0.1) is 11.8 Å². The number of carbonyl (C=O) groups is 3. The second-order valence-electron chi connectivity index (χ2n) is 7.43. The van der Waals surface area contributed by atoms with Crippen LogP contribution in [0.25, 0.3) is 5.76 Å². The average molecular weight is 386 g/mol. The van der Waals surface area contributed by atoms with E-state index in [0.29, 0.717) is 11.3 Å². The number of anilines is 1. The lowest BCUT2D eigenvalue weighted by Gasteiger charge is -2.46. The Hall–Kier alpha value is -3.33. The average Bonchev–Trinajstić information content (AvgIpc) is 2.61. The fourth-order valence-corrected chi connectivity index (χ4v) is 4.65. The Bertz CT molecular complexity index is 1040. The molecule has 3 atom stereocenters. The molecule has 0 aromatic heterocycles. The van der Waals surface area contributed by atoms with Gasteiger partial charge < -0.3 is 31.9 Å². The van der Waals surface area contributed by atoms with E-state index in [9.17, 15) is 34.8 Å². The van der Waals surface area contributed by atoms with E-state index in [4.69, 9.17) is 11.5 Å². The van der Waals surface area contributed by atoms with Gasteiger partial charge in [-0.3, -0.25) is 14.4 Å². The van der Waals surface area contributed by atoms with Crippen LogP contribution < -0.4 is 11.5 Å². The lowest BCUT2D eigenvalue weighted by molar-refractivity contribution is -0.147. The van der Waals surface area contributed by atoms with Gasteiger partial charge in [0.05, 0.1) is 5.56 Å². The summed E-state index contributed by atoms with van der Waals surface area (Å²) in [6.07, 6.45) is -0.0653. The molecule has 1 amide bonds. The predicted molar refractivity (Wildman–Crippen MR) is 95.8 cm³/mol. The summed E-state index contributed by atoms with van der Waals surface area (Å²) in [7, 11) is 0. The molecule has 1 aromatic carbocycles. The number of hydrogen-bond donors (Lipinski definition) is 6. The van der Waals surface area contributed by atoms with Crippen LogP contribution in [0.5, 0.6) is 5.75 Å². The Balaban J connectivity index is 1.95. The third kappa shape index (κ3) is 2.07. The zero-order chi connectivity index (χ0) is 20.5. The minimum absolute atomic E-state index is 0.00729. The van der Waals surface area contributed by atoms with Gasteiger partial charge in [0, 0.05) is 23.6 Å². The normalized spacial score (nSPS) is 29.3. The van der Waals surface area contributed by atoms with Crippen LogP contribution in [0.1, 0.15) is 24.0 Å². The number of rotatable bonds is 1. The minimum atomic E-state index is -2.55. The Morgan fingerprint density at radius 2 is 1.82 bits per heavy atom. The Morgan fingerprint density at radius 1 is 1.14 bits per heavy atom. The summed E-state index contributed by atoms with van der Waals surface area (Å²) >= 11 is 0. The number of aliphatic hydroxyl groups is 3. The van der Waals surface area contributed by atoms with E-state index in [1.807, 2.05) is 0 Å². The number of hydrogen-bond acceptors (Lipinski definition) is 8. The second kappa shape index (κ2) is 5.59. The van der Waals surface area contributed by atoms with Crippen LogP contribution in [0.2, 0.25) is 0 Å². The topological polar surface area (TPSA) is 184 Å². The first-order chi connectivity index (χ1) is 13.1. The monoisotopic (exact) mass is 386 g/mol. The van der Waals surface area contributed by atoms with Crippen molar-refractivity contribution in [2.24, 2.45) is 17.6 Å². The van der Waals surface area contributed by atoms with E-state index in [0.717, 1.165) is 0 Å². The van der Waals surface area contributed by atoms with Crippen molar-refractivity contribution < 1.29 is 34.8 Å². The van der Waals surface area contributed by atoms with Crippen molar-refractivity contribution in [3.8, 4) is 5.75 Å². The van der Waals surface area contributed by atoms with Crippen molar-refractivity contribution in [3.05, 3.63) is 40.2 Å². The van der Waals surface area contributed by atoms with Gasteiger partial charge in [-0.15, -0.1) is 0 Å². The number of nitrogens with two attached hydrogens (primary N) is 2. The number of aliphatic hydroxyl groups excluding tert-OH is 2. The van der Waals surface area contributed by atoms with Gasteiger partial charge in [0.1, 0.15) is 22.8 Å². The number of carbonyl (C=O) groups excluding carboxylic acids is 3. The zero-order valence-corrected chi connectivity index (χ0v) is 14.6. The van der Waals surface area contributed by atoms with Crippen molar-refractivity contribution in [1.82, 2.24) is 0 Å². The summed E-state index contributed by atoms with van der Waals surface area (Å²) in [6, 6.07) is 2.75. The first-order valence-corrected chi connectivity index (χ1v) is 8.66. The van der Waals surface area contributed by atoms with Crippen LogP contribution in [0.3, 0.4) is 0 Å². The standard InChI is InChI=1S/C19H18N2O7/c20-9-1-2-10(22)13-8(9)4-6-3-7-5-11(23)14(18(21)27)17(26)19(7,28)16(25)12(6)15(13)24/h1-2,6-7,22,24,26,28H,3-5,20H2,(H2,21,27). The smallest absolute Gasteiger partial charge is 0.255 e. The Kier molecular flexibility index (Phi) is 3.60. The molecule has 0 heterocycles. The SMILES string of the molecule is NC(=O)C1=C(O)C2(O)C(=O)C3=C(O)c4c(O)ccc(N)c4CC3CC2CC1=O. The van der Waals surface area contributed by atoms with E-state index in [-0.39, 0.29) is 36.1 Å². The molecule has 4 rings (SSSR count). The fourth-order valence-electron chi connectivity index (χ4n) is 4.65. The number of Topliss-reactive ketones (excluding diaryl/α,β-unsaturated/α-hetero) is 2. The minimum Gasteiger partial charge on any atom is -0.508 e. The van der Waals surface area contributed by atoms with Crippen LogP contribution in [0.15, 0.2) is 29.0 Å². The molecule has 9 nitrogen and oxygen atoms in total. The summed E-state index contributed by atoms with van der Waals surface area (Å²) < 4.78 is 0. The molecule has 0 radical (unpaired) electrons. The highest BCUT2D eigenvalue weighted by atomic mass is 16.3. The number of benzene rings is 1. The summed E-state index contributed by atoms with van der Waals surface area (Å²) in [6.45, 7) is 0. The number of ketones is 2. The van der Waals surface area contributed by atoms with Gasteiger partial charge in [0.2, 0.25) is 5.78 Å². The summed E-state index contributed by atoms with van der Waals surface area (Å²) in [4.78, 5) is 36.9. The first kappa shape index (κ1) is 18.1. The summed E-state index contributed by atoms with van der Waals surface area (Å²) in [5.74, 6) is -6.51. The van der Waals surface area contributed by atoms with Gasteiger partial charge >= 0.3 is 0 Å². The van der Waals surface area contributed by atoms with Crippen molar-refractivity contribution in [1.29, 1.82) is 0 Å². The number of primary amides is 1. The molecule has 0 saturated heterocycles. The van der Waals surface area contributed by atoms with Gasteiger partial charge in [0.15, 0.2) is 11.4 Å².